The van der Waals surface area contributed by atoms with E-state index in [1.165, 1.54) is 24.8 Å². The van der Waals surface area contributed by atoms with Crippen LogP contribution in [0.3, 0.4) is 0 Å². The first-order valence-corrected chi connectivity index (χ1v) is 7.11. The third kappa shape index (κ3) is 3.25. The van der Waals surface area contributed by atoms with Crippen molar-refractivity contribution in [2.45, 2.75) is 44.9 Å². The predicted molar refractivity (Wildman–Crippen MR) is 72.2 cm³/mol. The quantitative estimate of drug-likeness (QED) is 0.753. The standard InChI is InChI=1S/C14H23ClN2/c1-10(2)12-4-5-14(15)13(7-12)6-11-8-16-17(3)9-11/h8-10,12-14H,4-7H2,1-3H3. The van der Waals surface area contributed by atoms with Crippen molar-refractivity contribution < 1.29 is 0 Å². The summed E-state index contributed by atoms with van der Waals surface area (Å²) in [6.45, 7) is 4.67. The van der Waals surface area contributed by atoms with Crippen molar-refractivity contribution in [3.8, 4) is 0 Å². The zero-order valence-corrected chi connectivity index (χ0v) is 11.8. The van der Waals surface area contributed by atoms with Gasteiger partial charge in [0.25, 0.3) is 0 Å². The summed E-state index contributed by atoms with van der Waals surface area (Å²) in [5.74, 6) is 2.27. The smallest absolute Gasteiger partial charge is 0.0521 e. The minimum absolute atomic E-state index is 0.352. The first kappa shape index (κ1) is 12.9. The van der Waals surface area contributed by atoms with E-state index < -0.39 is 0 Å². The Morgan fingerprint density at radius 2 is 2.24 bits per heavy atom. The van der Waals surface area contributed by atoms with Crippen LogP contribution < -0.4 is 0 Å². The molecule has 0 radical (unpaired) electrons. The number of aromatic nitrogens is 2. The summed E-state index contributed by atoms with van der Waals surface area (Å²) >= 11 is 6.48. The summed E-state index contributed by atoms with van der Waals surface area (Å²) < 4.78 is 1.88. The molecule has 0 bridgehead atoms. The number of nitrogens with zero attached hydrogens (tertiary/aromatic N) is 2. The van der Waals surface area contributed by atoms with Gasteiger partial charge in [0.1, 0.15) is 0 Å². The molecule has 17 heavy (non-hydrogen) atoms. The summed E-state index contributed by atoms with van der Waals surface area (Å²) in [6.07, 6.45) is 8.93. The second-order valence-electron chi connectivity index (χ2n) is 5.82. The number of hydrogen-bond donors (Lipinski definition) is 0. The Bertz CT molecular complexity index is 359. The Labute approximate surface area is 109 Å². The van der Waals surface area contributed by atoms with Crippen LogP contribution in [0, 0.1) is 17.8 Å². The molecule has 0 saturated heterocycles. The average Bonchev–Trinajstić information content (AvgIpc) is 2.67. The minimum Gasteiger partial charge on any atom is -0.276 e. The van der Waals surface area contributed by atoms with Crippen LogP contribution >= 0.6 is 11.6 Å². The van der Waals surface area contributed by atoms with Gasteiger partial charge in [-0.05, 0) is 49.0 Å². The summed E-state index contributed by atoms with van der Waals surface area (Å²) in [5, 5.41) is 4.59. The van der Waals surface area contributed by atoms with Crippen molar-refractivity contribution >= 4 is 11.6 Å². The maximum Gasteiger partial charge on any atom is 0.0521 e. The van der Waals surface area contributed by atoms with Gasteiger partial charge in [0.05, 0.1) is 6.20 Å². The van der Waals surface area contributed by atoms with Crippen LogP contribution in [0.25, 0.3) is 0 Å². The van der Waals surface area contributed by atoms with Crippen LogP contribution in [0.5, 0.6) is 0 Å². The molecule has 1 heterocycles. The normalized spacial score (nSPS) is 29.8. The molecule has 96 valence electrons. The summed E-state index contributed by atoms with van der Waals surface area (Å²) in [7, 11) is 1.97. The maximum atomic E-state index is 6.48. The van der Waals surface area contributed by atoms with Crippen LogP contribution in [-0.4, -0.2) is 15.2 Å². The molecule has 0 aromatic carbocycles. The number of aryl methyl sites for hydroxylation is 1. The molecular weight excluding hydrogens is 232 g/mol. The molecule has 3 atom stereocenters. The number of rotatable bonds is 3. The van der Waals surface area contributed by atoms with Gasteiger partial charge in [-0.3, -0.25) is 4.68 Å². The second kappa shape index (κ2) is 5.43. The molecule has 0 amide bonds. The molecular formula is C14H23ClN2. The van der Waals surface area contributed by atoms with Gasteiger partial charge in [0.2, 0.25) is 0 Å². The number of halogens is 1. The molecule has 0 spiro atoms. The Balaban J connectivity index is 1.98. The van der Waals surface area contributed by atoms with Crippen molar-refractivity contribution in [1.82, 2.24) is 9.78 Å². The lowest BCUT2D eigenvalue weighted by Crippen LogP contribution is -2.29. The third-order valence-electron chi connectivity index (χ3n) is 4.13. The fourth-order valence-electron chi connectivity index (χ4n) is 2.96. The number of hydrogen-bond acceptors (Lipinski definition) is 1. The lowest BCUT2D eigenvalue weighted by Gasteiger charge is -2.35. The highest BCUT2D eigenvalue weighted by Crippen LogP contribution is 2.38. The van der Waals surface area contributed by atoms with Crippen molar-refractivity contribution in [3.63, 3.8) is 0 Å². The molecule has 3 heteroatoms. The zero-order chi connectivity index (χ0) is 12.4. The predicted octanol–water partition coefficient (Wildman–Crippen LogP) is 3.64. The van der Waals surface area contributed by atoms with E-state index in [2.05, 4.69) is 25.1 Å². The van der Waals surface area contributed by atoms with Crippen molar-refractivity contribution in [2.75, 3.05) is 0 Å². The Morgan fingerprint density at radius 1 is 1.47 bits per heavy atom. The number of alkyl halides is 1. The van der Waals surface area contributed by atoms with Crippen molar-refractivity contribution in [2.24, 2.45) is 24.8 Å². The maximum absolute atomic E-state index is 6.48. The van der Waals surface area contributed by atoms with Crippen LogP contribution in [0.1, 0.15) is 38.7 Å². The van der Waals surface area contributed by atoms with Gasteiger partial charge in [-0.15, -0.1) is 11.6 Å². The van der Waals surface area contributed by atoms with Gasteiger partial charge in [-0.1, -0.05) is 13.8 Å². The van der Waals surface area contributed by atoms with Crippen LogP contribution in [0.4, 0.5) is 0 Å². The van der Waals surface area contributed by atoms with Crippen molar-refractivity contribution in [3.05, 3.63) is 18.0 Å². The second-order valence-corrected chi connectivity index (χ2v) is 6.38. The van der Waals surface area contributed by atoms with E-state index >= 15 is 0 Å². The molecule has 2 rings (SSSR count). The summed E-state index contributed by atoms with van der Waals surface area (Å²) in [4.78, 5) is 0. The fraction of sp³-hybridized carbons (Fsp3) is 0.786. The van der Waals surface area contributed by atoms with Gasteiger partial charge in [-0.2, -0.15) is 5.10 Å². The molecule has 0 N–H and O–H groups in total. The molecule has 3 unspecified atom stereocenters. The molecule has 1 fully saturated rings. The van der Waals surface area contributed by atoms with E-state index in [9.17, 15) is 0 Å². The Morgan fingerprint density at radius 3 is 2.82 bits per heavy atom. The van der Waals surface area contributed by atoms with Gasteiger partial charge >= 0.3 is 0 Å². The monoisotopic (exact) mass is 254 g/mol. The molecule has 0 aliphatic heterocycles. The zero-order valence-electron chi connectivity index (χ0n) is 11.1. The first-order chi connectivity index (χ1) is 8.06. The topological polar surface area (TPSA) is 17.8 Å². The summed E-state index contributed by atoms with van der Waals surface area (Å²) in [6, 6.07) is 0. The first-order valence-electron chi connectivity index (χ1n) is 6.68. The molecule has 2 nitrogen and oxygen atoms in total. The van der Waals surface area contributed by atoms with Gasteiger partial charge < -0.3 is 0 Å². The Kier molecular flexibility index (Phi) is 4.13. The highest BCUT2D eigenvalue weighted by Gasteiger charge is 2.30. The van der Waals surface area contributed by atoms with Crippen molar-refractivity contribution in [1.29, 1.82) is 0 Å². The van der Waals surface area contributed by atoms with E-state index in [1.807, 2.05) is 17.9 Å². The van der Waals surface area contributed by atoms with Gasteiger partial charge in [-0.25, -0.2) is 0 Å². The van der Waals surface area contributed by atoms with Crippen LogP contribution in [0.2, 0.25) is 0 Å². The molecule has 1 aromatic heterocycles. The van der Waals surface area contributed by atoms with E-state index in [1.54, 1.807) is 0 Å². The lowest BCUT2D eigenvalue weighted by atomic mass is 9.74. The lowest BCUT2D eigenvalue weighted by molar-refractivity contribution is 0.218. The fourth-order valence-corrected chi connectivity index (χ4v) is 3.28. The SMILES string of the molecule is CC(C)C1CCC(Cl)C(Cc2cnn(C)c2)C1. The third-order valence-corrected chi connectivity index (χ3v) is 4.70. The Hall–Kier alpha value is -0.500. The average molecular weight is 255 g/mol. The van der Waals surface area contributed by atoms with Crippen LogP contribution in [0.15, 0.2) is 12.4 Å². The van der Waals surface area contributed by atoms with Crippen LogP contribution in [-0.2, 0) is 13.5 Å². The highest BCUT2D eigenvalue weighted by atomic mass is 35.5. The van der Waals surface area contributed by atoms with Gasteiger partial charge in [0.15, 0.2) is 0 Å². The highest BCUT2D eigenvalue weighted by molar-refractivity contribution is 6.20. The minimum atomic E-state index is 0.352. The largest absolute Gasteiger partial charge is 0.276 e. The summed E-state index contributed by atoms with van der Waals surface area (Å²) in [5.41, 5.74) is 1.33. The molecule has 1 aliphatic rings. The molecule has 1 saturated carbocycles. The molecule has 1 aromatic rings. The van der Waals surface area contributed by atoms with E-state index in [4.69, 9.17) is 11.6 Å². The van der Waals surface area contributed by atoms with E-state index in [0.29, 0.717) is 11.3 Å². The van der Waals surface area contributed by atoms with Gasteiger partial charge in [0, 0.05) is 18.6 Å². The van der Waals surface area contributed by atoms with E-state index in [-0.39, 0.29) is 0 Å². The van der Waals surface area contributed by atoms with E-state index in [0.717, 1.165) is 18.3 Å². The molecule has 1 aliphatic carbocycles.